The molecule has 2 aliphatic carbocycles. The van der Waals surface area contributed by atoms with Crippen LogP contribution in [0.4, 0.5) is 9.52 Å². The molecule has 2 amide bonds. The number of amides is 2. The number of nitrogens with zero attached hydrogens (tertiary/aromatic N) is 1. The molecule has 4 rings (SSSR count). The number of halogens is 1. The monoisotopic (exact) mass is 499 g/mol. The molecule has 9 heteroatoms. The van der Waals surface area contributed by atoms with E-state index in [0.29, 0.717) is 24.4 Å². The van der Waals surface area contributed by atoms with Crippen molar-refractivity contribution in [2.75, 3.05) is 18.5 Å². The highest BCUT2D eigenvalue weighted by atomic mass is 32.1. The lowest BCUT2D eigenvalue weighted by molar-refractivity contribution is -0.144. The number of nitrogens with one attached hydrogen (secondary N) is 2. The van der Waals surface area contributed by atoms with Gasteiger partial charge in [0.1, 0.15) is 5.82 Å². The highest BCUT2D eigenvalue weighted by molar-refractivity contribution is 7.15. The number of aliphatic hydroxyl groups is 2. The number of anilines is 1. The van der Waals surface area contributed by atoms with Crippen molar-refractivity contribution in [2.24, 2.45) is 16.7 Å². The smallest absolute Gasteiger partial charge is 0.257 e. The van der Waals surface area contributed by atoms with E-state index < -0.39 is 28.7 Å². The largest absolute Gasteiger partial charge is 0.396 e. The lowest BCUT2D eigenvalue weighted by Gasteiger charge is -2.58. The Balaban J connectivity index is 1.71. The number of carbonyl (C=O) groups is 2. The zero-order valence-electron chi connectivity index (χ0n) is 19.8. The Bertz CT molecular complexity index is 1180. The minimum Gasteiger partial charge on any atom is -0.396 e. The zero-order valence-corrected chi connectivity index (χ0v) is 20.6. The van der Waals surface area contributed by atoms with E-state index in [1.165, 1.54) is 29.5 Å². The van der Waals surface area contributed by atoms with Gasteiger partial charge in [-0.25, -0.2) is 9.37 Å². The summed E-state index contributed by atoms with van der Waals surface area (Å²) >= 11 is 1.31. The van der Waals surface area contributed by atoms with Crippen molar-refractivity contribution in [3.05, 3.63) is 46.2 Å². The summed E-state index contributed by atoms with van der Waals surface area (Å²) in [6, 6.07) is 5.41. The average Bonchev–Trinajstić information content (AvgIpc) is 3.23. The molecule has 0 aliphatic heterocycles. The molecule has 4 N–H and O–H groups in total. The Morgan fingerprint density at radius 1 is 1.37 bits per heavy atom. The number of rotatable bonds is 6. The van der Waals surface area contributed by atoms with Gasteiger partial charge in [-0.05, 0) is 48.8 Å². The number of aliphatic hydroxyl groups excluding tert-OH is 2. The topological polar surface area (TPSA) is 112 Å². The number of hydrogen-bond donors (Lipinski definition) is 4. The van der Waals surface area contributed by atoms with Crippen LogP contribution in [0.1, 0.15) is 60.0 Å². The standard InChI is InChI=1S/C26H30FN3O4S/c1-4-10-28-21(33)12-17-22-18(13-19-25(17,2)9-8-20(32)26(19,3)14-31)35-24(29-22)30-23(34)15-6-5-7-16(27)11-15/h1,5-7,11,17,19-20,31-32H,8-10,12-14H2,2-3H3,(H,28,33)(H,29,30,34)/t17-,19+,20-,25+,26+/m1/s1. The van der Waals surface area contributed by atoms with Gasteiger partial charge in [-0.15, -0.1) is 17.8 Å². The Morgan fingerprint density at radius 3 is 2.83 bits per heavy atom. The van der Waals surface area contributed by atoms with E-state index >= 15 is 0 Å². The minimum atomic E-state index is -0.743. The van der Waals surface area contributed by atoms with Crippen LogP contribution in [0.15, 0.2) is 24.3 Å². The van der Waals surface area contributed by atoms with Crippen LogP contribution >= 0.6 is 11.3 Å². The molecule has 1 aromatic heterocycles. The van der Waals surface area contributed by atoms with Gasteiger partial charge in [0.2, 0.25) is 5.91 Å². The van der Waals surface area contributed by atoms with Gasteiger partial charge in [0.15, 0.2) is 5.13 Å². The van der Waals surface area contributed by atoms with E-state index in [4.69, 9.17) is 11.4 Å². The summed E-state index contributed by atoms with van der Waals surface area (Å²) in [6.45, 7) is 3.94. The summed E-state index contributed by atoms with van der Waals surface area (Å²) in [6.07, 6.45) is 6.53. The maximum absolute atomic E-state index is 13.6. The molecule has 1 fully saturated rings. The van der Waals surface area contributed by atoms with Crippen molar-refractivity contribution in [1.29, 1.82) is 0 Å². The van der Waals surface area contributed by atoms with Gasteiger partial charge < -0.3 is 15.5 Å². The first-order valence-electron chi connectivity index (χ1n) is 11.7. The fourth-order valence-electron chi connectivity index (χ4n) is 5.91. The van der Waals surface area contributed by atoms with E-state index in [2.05, 4.69) is 23.5 Å². The van der Waals surface area contributed by atoms with Gasteiger partial charge in [0.05, 0.1) is 24.9 Å². The molecule has 1 aromatic carbocycles. The van der Waals surface area contributed by atoms with E-state index in [9.17, 15) is 24.2 Å². The molecule has 0 spiro atoms. The second kappa shape index (κ2) is 9.69. The Kier molecular flexibility index (Phi) is 7.00. The minimum absolute atomic E-state index is 0.103. The molecule has 7 nitrogen and oxygen atoms in total. The predicted molar refractivity (Wildman–Crippen MR) is 131 cm³/mol. The van der Waals surface area contributed by atoms with Gasteiger partial charge in [0, 0.05) is 28.2 Å². The number of fused-ring (bicyclic) bond motifs is 2. The molecule has 2 aromatic rings. The third-order valence-corrected chi connectivity index (χ3v) is 8.99. The maximum atomic E-state index is 13.6. The first kappa shape index (κ1) is 25.3. The molecular weight excluding hydrogens is 469 g/mol. The Hall–Kier alpha value is -2.80. The van der Waals surface area contributed by atoms with Gasteiger partial charge >= 0.3 is 0 Å². The fraction of sp³-hybridized carbons (Fsp3) is 0.500. The molecule has 0 bridgehead atoms. The zero-order chi connectivity index (χ0) is 25.4. The van der Waals surface area contributed by atoms with E-state index in [1.54, 1.807) is 0 Å². The van der Waals surface area contributed by atoms with Crippen LogP contribution in [0.3, 0.4) is 0 Å². The Labute approximate surface area is 208 Å². The lowest BCUT2D eigenvalue weighted by Crippen LogP contribution is -2.57. The van der Waals surface area contributed by atoms with Crippen LogP contribution < -0.4 is 10.6 Å². The summed E-state index contributed by atoms with van der Waals surface area (Å²) in [5, 5.41) is 27.0. The van der Waals surface area contributed by atoms with Crippen LogP contribution in [0.2, 0.25) is 0 Å². The van der Waals surface area contributed by atoms with Crippen LogP contribution in [0.25, 0.3) is 0 Å². The highest BCUT2D eigenvalue weighted by Crippen LogP contribution is 2.62. The molecular formula is C26H30FN3O4S. The normalized spacial score (nSPS) is 29.4. The summed E-state index contributed by atoms with van der Waals surface area (Å²) in [5.41, 5.74) is -0.224. The molecule has 0 unspecified atom stereocenters. The number of terminal acetylenes is 1. The first-order chi connectivity index (χ1) is 16.6. The number of carbonyl (C=O) groups excluding carboxylic acids is 2. The maximum Gasteiger partial charge on any atom is 0.257 e. The highest BCUT2D eigenvalue weighted by Gasteiger charge is 2.59. The Morgan fingerprint density at radius 2 is 2.14 bits per heavy atom. The third-order valence-electron chi connectivity index (χ3n) is 7.98. The molecule has 5 atom stereocenters. The van der Waals surface area contributed by atoms with E-state index in [-0.39, 0.29) is 42.9 Å². The van der Waals surface area contributed by atoms with Crippen molar-refractivity contribution >= 4 is 28.3 Å². The van der Waals surface area contributed by atoms with Gasteiger partial charge in [0.25, 0.3) is 5.91 Å². The van der Waals surface area contributed by atoms with Crippen molar-refractivity contribution in [1.82, 2.24) is 10.3 Å². The van der Waals surface area contributed by atoms with Crippen molar-refractivity contribution in [3.8, 4) is 12.3 Å². The molecule has 1 heterocycles. The SMILES string of the molecule is C#CCNC(=O)C[C@@H]1c2nc(NC(=O)c3cccc(F)c3)sc2C[C@@H]2[C@](C)(CO)[C@H](O)CC[C@]21C. The van der Waals surface area contributed by atoms with Crippen LogP contribution in [-0.2, 0) is 11.2 Å². The summed E-state index contributed by atoms with van der Waals surface area (Å²) < 4.78 is 13.6. The first-order valence-corrected chi connectivity index (χ1v) is 12.5. The van der Waals surface area contributed by atoms with E-state index in [1.807, 2.05) is 6.92 Å². The van der Waals surface area contributed by atoms with Gasteiger partial charge in [-0.1, -0.05) is 25.8 Å². The summed E-state index contributed by atoms with van der Waals surface area (Å²) in [7, 11) is 0. The lowest BCUT2D eigenvalue weighted by atomic mass is 9.47. The molecule has 0 saturated heterocycles. The second-order valence-corrected chi connectivity index (χ2v) is 11.1. The van der Waals surface area contributed by atoms with Crippen LogP contribution in [0, 0.1) is 34.9 Å². The number of thiazole rings is 1. The molecule has 186 valence electrons. The van der Waals surface area contributed by atoms with Crippen molar-refractivity contribution in [3.63, 3.8) is 0 Å². The number of hydrogen-bond acceptors (Lipinski definition) is 6. The number of aromatic nitrogens is 1. The predicted octanol–water partition coefficient (Wildman–Crippen LogP) is 3.09. The molecule has 2 aliphatic rings. The van der Waals surface area contributed by atoms with Crippen molar-refractivity contribution in [2.45, 2.75) is 51.6 Å². The quantitative estimate of drug-likeness (QED) is 0.457. The average molecular weight is 500 g/mol. The van der Waals surface area contributed by atoms with Crippen LogP contribution in [-0.4, -0.2) is 46.3 Å². The fourth-order valence-corrected chi connectivity index (χ4v) is 6.97. The molecule has 0 radical (unpaired) electrons. The van der Waals surface area contributed by atoms with Gasteiger partial charge in [-0.3, -0.25) is 14.9 Å². The van der Waals surface area contributed by atoms with E-state index in [0.717, 1.165) is 16.6 Å². The third kappa shape index (κ3) is 4.58. The van der Waals surface area contributed by atoms with Gasteiger partial charge in [-0.2, -0.15) is 0 Å². The molecule has 1 saturated carbocycles. The summed E-state index contributed by atoms with van der Waals surface area (Å²) in [5.74, 6) is 0.838. The van der Waals surface area contributed by atoms with Crippen molar-refractivity contribution < 1.29 is 24.2 Å². The summed E-state index contributed by atoms with van der Waals surface area (Å²) in [4.78, 5) is 31.1. The second-order valence-electron chi connectivity index (χ2n) is 10.0. The van der Waals surface area contributed by atoms with Crippen LogP contribution in [0.5, 0.6) is 0 Å². The molecule has 35 heavy (non-hydrogen) atoms. The number of benzene rings is 1.